The van der Waals surface area contributed by atoms with Gasteiger partial charge in [0.05, 0.1) is 7.11 Å². The minimum atomic E-state index is -0.678. The van der Waals surface area contributed by atoms with Crippen molar-refractivity contribution in [1.29, 1.82) is 0 Å². The first-order valence-electron chi connectivity index (χ1n) is 9.33. The van der Waals surface area contributed by atoms with Gasteiger partial charge in [-0.2, -0.15) is 0 Å². The molecule has 0 aliphatic rings. The highest BCUT2D eigenvalue weighted by Gasteiger charge is 2.28. The van der Waals surface area contributed by atoms with Crippen molar-refractivity contribution >= 4 is 11.8 Å². The molecule has 150 valence electrons. The fraction of sp³-hybridized carbons (Fsp3) is 0.364. The van der Waals surface area contributed by atoms with Gasteiger partial charge in [0, 0.05) is 18.7 Å². The van der Waals surface area contributed by atoms with Crippen LogP contribution in [-0.2, 0) is 11.3 Å². The second-order valence-electron chi connectivity index (χ2n) is 6.91. The lowest BCUT2D eigenvalue weighted by atomic mass is 10.0. The monoisotopic (exact) mass is 386 g/mol. The van der Waals surface area contributed by atoms with Crippen molar-refractivity contribution in [2.75, 3.05) is 13.7 Å². The van der Waals surface area contributed by atoms with Crippen LogP contribution in [0.1, 0.15) is 36.7 Å². The van der Waals surface area contributed by atoms with Crippen molar-refractivity contribution in [3.05, 3.63) is 65.5 Å². The van der Waals surface area contributed by atoms with Crippen molar-refractivity contribution in [1.82, 2.24) is 10.2 Å². The number of hydrogen-bond acceptors (Lipinski definition) is 3. The second kappa shape index (κ2) is 9.88. The quantitative estimate of drug-likeness (QED) is 0.754. The van der Waals surface area contributed by atoms with E-state index in [9.17, 15) is 14.0 Å². The van der Waals surface area contributed by atoms with Crippen molar-refractivity contribution < 1.29 is 18.7 Å². The van der Waals surface area contributed by atoms with Gasteiger partial charge in [0.2, 0.25) is 5.91 Å². The fourth-order valence-corrected chi connectivity index (χ4v) is 2.88. The molecule has 0 aliphatic carbocycles. The van der Waals surface area contributed by atoms with Crippen molar-refractivity contribution in [2.24, 2.45) is 5.92 Å². The smallest absolute Gasteiger partial charge is 0.251 e. The van der Waals surface area contributed by atoms with Gasteiger partial charge in [0.1, 0.15) is 17.6 Å². The first-order chi connectivity index (χ1) is 13.3. The molecule has 0 aliphatic heterocycles. The van der Waals surface area contributed by atoms with E-state index in [1.165, 1.54) is 12.1 Å². The Hall–Kier alpha value is -2.89. The minimum absolute atomic E-state index is 0.101. The molecular weight excluding hydrogens is 359 g/mol. The standard InChI is InChI=1S/C22H27FN2O3/c1-5-25(14-16-7-6-8-18(23)13-16)22(27)20(15(2)3)24-21(26)17-9-11-19(28-4)12-10-17/h6-13,15,20H,5,14H2,1-4H3,(H,24,26). The summed E-state index contributed by atoms with van der Waals surface area (Å²) in [4.78, 5) is 27.3. The van der Waals surface area contributed by atoms with Crippen molar-refractivity contribution in [3.8, 4) is 5.75 Å². The summed E-state index contributed by atoms with van der Waals surface area (Å²) in [5.41, 5.74) is 1.16. The van der Waals surface area contributed by atoms with Gasteiger partial charge in [-0.25, -0.2) is 4.39 Å². The number of benzene rings is 2. The molecule has 0 spiro atoms. The van der Waals surface area contributed by atoms with E-state index in [2.05, 4.69) is 5.32 Å². The maximum absolute atomic E-state index is 13.5. The van der Waals surface area contributed by atoms with Gasteiger partial charge in [0.25, 0.3) is 5.91 Å². The number of likely N-dealkylation sites (N-methyl/N-ethyl adjacent to an activating group) is 1. The fourth-order valence-electron chi connectivity index (χ4n) is 2.88. The molecular formula is C22H27FN2O3. The average molecular weight is 386 g/mol. The number of methoxy groups -OCH3 is 1. The summed E-state index contributed by atoms with van der Waals surface area (Å²) >= 11 is 0. The maximum Gasteiger partial charge on any atom is 0.251 e. The Balaban J connectivity index is 2.13. The first-order valence-corrected chi connectivity index (χ1v) is 9.33. The third-order valence-corrected chi connectivity index (χ3v) is 4.53. The number of hydrogen-bond donors (Lipinski definition) is 1. The number of ether oxygens (including phenoxy) is 1. The van der Waals surface area contributed by atoms with Gasteiger partial charge in [-0.05, 0) is 54.8 Å². The summed E-state index contributed by atoms with van der Waals surface area (Å²) < 4.78 is 18.6. The molecule has 5 nitrogen and oxygen atoms in total. The SMILES string of the molecule is CCN(Cc1cccc(F)c1)C(=O)C(NC(=O)c1ccc(OC)cc1)C(C)C. The zero-order valence-electron chi connectivity index (χ0n) is 16.7. The molecule has 28 heavy (non-hydrogen) atoms. The summed E-state index contributed by atoms with van der Waals surface area (Å²) in [6.45, 7) is 6.37. The van der Waals surface area contributed by atoms with Crippen LogP contribution in [0.5, 0.6) is 5.75 Å². The molecule has 0 aromatic heterocycles. The Morgan fingerprint density at radius 1 is 1.14 bits per heavy atom. The van der Waals surface area contributed by atoms with Crippen LogP contribution in [-0.4, -0.2) is 36.4 Å². The summed E-state index contributed by atoms with van der Waals surface area (Å²) in [6, 6.07) is 12.2. The summed E-state index contributed by atoms with van der Waals surface area (Å²) in [5.74, 6) is -0.300. The van der Waals surface area contributed by atoms with E-state index < -0.39 is 6.04 Å². The number of carbonyl (C=O) groups is 2. The Kier molecular flexibility index (Phi) is 7.55. The highest BCUT2D eigenvalue weighted by atomic mass is 19.1. The van der Waals surface area contributed by atoms with Crippen LogP contribution < -0.4 is 10.1 Å². The molecule has 6 heteroatoms. The predicted molar refractivity (Wildman–Crippen MR) is 107 cm³/mol. The highest BCUT2D eigenvalue weighted by Crippen LogP contribution is 2.14. The van der Waals surface area contributed by atoms with E-state index in [4.69, 9.17) is 4.74 Å². The summed E-state index contributed by atoms with van der Waals surface area (Å²) in [6.07, 6.45) is 0. The zero-order valence-corrected chi connectivity index (χ0v) is 16.7. The lowest BCUT2D eigenvalue weighted by molar-refractivity contribution is -0.134. The Morgan fingerprint density at radius 3 is 2.36 bits per heavy atom. The largest absolute Gasteiger partial charge is 0.497 e. The van der Waals surface area contributed by atoms with Gasteiger partial charge in [0.15, 0.2) is 0 Å². The van der Waals surface area contributed by atoms with Crippen molar-refractivity contribution in [2.45, 2.75) is 33.4 Å². The molecule has 2 aromatic rings. The average Bonchev–Trinajstić information content (AvgIpc) is 2.69. The van der Waals surface area contributed by atoms with Gasteiger partial charge < -0.3 is 15.0 Å². The van der Waals surface area contributed by atoms with Crippen LogP contribution in [0.15, 0.2) is 48.5 Å². The first kappa shape index (κ1) is 21.4. The molecule has 2 aromatic carbocycles. The third-order valence-electron chi connectivity index (χ3n) is 4.53. The molecule has 2 rings (SSSR count). The molecule has 0 saturated heterocycles. The number of carbonyl (C=O) groups excluding carboxylic acids is 2. The molecule has 1 atom stereocenters. The number of halogens is 1. The molecule has 1 N–H and O–H groups in total. The van der Waals surface area contributed by atoms with Gasteiger partial charge in [-0.1, -0.05) is 26.0 Å². The van der Waals surface area contributed by atoms with Crippen LogP contribution >= 0.6 is 0 Å². The van der Waals surface area contributed by atoms with E-state index in [1.807, 2.05) is 20.8 Å². The summed E-state index contributed by atoms with van der Waals surface area (Å²) in [7, 11) is 1.56. The van der Waals surface area contributed by atoms with Gasteiger partial charge in [-0.3, -0.25) is 9.59 Å². The van der Waals surface area contributed by atoms with Crippen LogP contribution in [0.3, 0.4) is 0 Å². The molecule has 0 saturated carbocycles. The van der Waals surface area contributed by atoms with Crippen molar-refractivity contribution in [3.63, 3.8) is 0 Å². The minimum Gasteiger partial charge on any atom is -0.497 e. The van der Waals surface area contributed by atoms with Gasteiger partial charge >= 0.3 is 0 Å². The Labute approximate surface area is 165 Å². The van der Waals surface area contributed by atoms with E-state index in [-0.39, 0.29) is 30.1 Å². The van der Waals surface area contributed by atoms with E-state index in [0.29, 0.717) is 23.4 Å². The topological polar surface area (TPSA) is 58.6 Å². The maximum atomic E-state index is 13.5. The van der Waals surface area contributed by atoms with E-state index >= 15 is 0 Å². The van der Waals surface area contributed by atoms with Crippen LogP contribution in [0.2, 0.25) is 0 Å². The normalized spacial score (nSPS) is 11.8. The predicted octanol–water partition coefficient (Wildman–Crippen LogP) is 3.64. The van der Waals surface area contributed by atoms with Crippen LogP contribution in [0, 0.1) is 11.7 Å². The van der Waals surface area contributed by atoms with Gasteiger partial charge in [-0.15, -0.1) is 0 Å². The Morgan fingerprint density at radius 2 is 1.82 bits per heavy atom. The third kappa shape index (κ3) is 5.55. The van der Waals surface area contributed by atoms with E-state index in [1.54, 1.807) is 48.4 Å². The number of nitrogens with one attached hydrogen (secondary N) is 1. The number of rotatable bonds is 8. The molecule has 0 heterocycles. The lowest BCUT2D eigenvalue weighted by Crippen LogP contribution is -2.51. The highest BCUT2D eigenvalue weighted by molar-refractivity contribution is 5.97. The number of amides is 2. The van der Waals surface area contributed by atoms with Crippen LogP contribution in [0.25, 0.3) is 0 Å². The lowest BCUT2D eigenvalue weighted by Gasteiger charge is -2.29. The zero-order chi connectivity index (χ0) is 20.7. The molecule has 0 radical (unpaired) electrons. The van der Waals surface area contributed by atoms with E-state index in [0.717, 1.165) is 0 Å². The second-order valence-corrected chi connectivity index (χ2v) is 6.91. The molecule has 2 amide bonds. The molecule has 0 bridgehead atoms. The Bertz CT molecular complexity index is 806. The molecule has 1 unspecified atom stereocenters. The number of nitrogens with zero attached hydrogens (tertiary/aromatic N) is 1. The van der Waals surface area contributed by atoms with Crippen LogP contribution in [0.4, 0.5) is 4.39 Å². The molecule has 0 fully saturated rings. The summed E-state index contributed by atoms with van der Waals surface area (Å²) in [5, 5.41) is 2.84.